The van der Waals surface area contributed by atoms with Crippen molar-refractivity contribution in [2.45, 2.75) is 18.9 Å². The number of benzene rings is 2. The van der Waals surface area contributed by atoms with Gasteiger partial charge in [-0.3, -0.25) is 4.79 Å². The van der Waals surface area contributed by atoms with E-state index in [1.807, 2.05) is 47.4 Å². The van der Waals surface area contributed by atoms with E-state index in [1.54, 1.807) is 28.7 Å². The van der Waals surface area contributed by atoms with E-state index in [1.165, 1.54) is 4.70 Å². The predicted molar refractivity (Wildman–Crippen MR) is 112 cm³/mol. The Hall–Kier alpha value is -2.57. The van der Waals surface area contributed by atoms with E-state index in [-0.39, 0.29) is 11.9 Å². The van der Waals surface area contributed by atoms with Crippen molar-refractivity contribution in [1.82, 2.24) is 14.9 Å². The van der Waals surface area contributed by atoms with Crippen LogP contribution in [0, 0.1) is 0 Å². The topological polar surface area (TPSA) is 46.1 Å². The van der Waals surface area contributed by atoms with E-state index < -0.39 is 0 Å². The number of carbonyl (C=O) groups excluding carboxylic acids is 1. The van der Waals surface area contributed by atoms with Gasteiger partial charge in [0, 0.05) is 12.6 Å². The Kier molecular flexibility index (Phi) is 4.22. The van der Waals surface area contributed by atoms with Gasteiger partial charge >= 0.3 is 0 Å². The van der Waals surface area contributed by atoms with Gasteiger partial charge in [-0.1, -0.05) is 24.3 Å². The number of amides is 1. The first-order valence-electron chi connectivity index (χ1n) is 8.98. The summed E-state index contributed by atoms with van der Waals surface area (Å²) in [6.45, 7) is 0.781. The molecule has 0 spiro atoms. The predicted octanol–water partition coefficient (Wildman–Crippen LogP) is 5.28. The summed E-state index contributed by atoms with van der Waals surface area (Å²) in [5, 5.41) is 1.90. The van der Waals surface area contributed by atoms with Crippen molar-refractivity contribution in [2.24, 2.45) is 0 Å². The van der Waals surface area contributed by atoms with Gasteiger partial charge in [-0.05, 0) is 43.2 Å². The number of thiazole rings is 2. The molecule has 0 saturated carbocycles. The van der Waals surface area contributed by atoms with E-state index in [2.05, 4.69) is 17.1 Å². The highest BCUT2D eigenvalue weighted by Crippen LogP contribution is 2.36. The minimum atomic E-state index is 0.0380. The fraction of sp³-hybridized carbons (Fsp3) is 0.190. The molecule has 2 aromatic heterocycles. The van der Waals surface area contributed by atoms with Gasteiger partial charge in [0.15, 0.2) is 0 Å². The summed E-state index contributed by atoms with van der Waals surface area (Å²) in [6.07, 6.45) is 5.48. The van der Waals surface area contributed by atoms with Crippen molar-refractivity contribution < 1.29 is 4.79 Å². The molecule has 2 aromatic carbocycles. The van der Waals surface area contributed by atoms with Gasteiger partial charge in [-0.2, -0.15) is 0 Å². The molecule has 1 aliphatic rings. The number of hydrogen-bond acceptors (Lipinski definition) is 5. The van der Waals surface area contributed by atoms with E-state index >= 15 is 0 Å². The van der Waals surface area contributed by atoms with Crippen LogP contribution in [0.25, 0.3) is 26.5 Å². The van der Waals surface area contributed by atoms with Crippen molar-refractivity contribution in [3.8, 4) is 0 Å². The Labute approximate surface area is 164 Å². The molecule has 0 N–H and O–H groups in total. The lowest BCUT2D eigenvalue weighted by Crippen LogP contribution is -2.28. The van der Waals surface area contributed by atoms with Crippen LogP contribution < -0.4 is 0 Å². The molecular formula is C21H17N3OS2. The largest absolute Gasteiger partial charge is 0.330 e. The second kappa shape index (κ2) is 6.87. The molecular weight excluding hydrogens is 374 g/mol. The van der Waals surface area contributed by atoms with Crippen LogP contribution in [0.2, 0.25) is 0 Å². The number of hydrogen-bond donors (Lipinski definition) is 0. The number of nitrogens with zero attached hydrogens (tertiary/aromatic N) is 3. The third kappa shape index (κ3) is 3.15. The number of aromatic nitrogens is 2. The van der Waals surface area contributed by atoms with Crippen LogP contribution >= 0.6 is 22.7 Å². The maximum absolute atomic E-state index is 12.8. The summed E-state index contributed by atoms with van der Waals surface area (Å²) in [5.74, 6) is 0.0380. The second-order valence-corrected chi connectivity index (χ2v) is 8.69. The zero-order valence-electron chi connectivity index (χ0n) is 14.5. The summed E-state index contributed by atoms with van der Waals surface area (Å²) < 4.78 is 2.31. The first kappa shape index (κ1) is 16.6. The van der Waals surface area contributed by atoms with Crippen LogP contribution in [0.1, 0.15) is 28.9 Å². The quantitative estimate of drug-likeness (QED) is 0.446. The van der Waals surface area contributed by atoms with Crippen molar-refractivity contribution in [2.75, 3.05) is 6.54 Å². The minimum Gasteiger partial charge on any atom is -0.330 e. The molecule has 3 heterocycles. The molecule has 134 valence electrons. The molecule has 1 unspecified atom stereocenters. The highest BCUT2D eigenvalue weighted by atomic mass is 32.1. The Bertz CT molecular complexity index is 1090. The first-order chi connectivity index (χ1) is 13.3. The van der Waals surface area contributed by atoms with Crippen molar-refractivity contribution >= 4 is 55.1 Å². The maximum Gasteiger partial charge on any atom is 0.247 e. The first-order valence-corrected chi connectivity index (χ1v) is 10.6. The molecule has 1 fully saturated rings. The second-order valence-electron chi connectivity index (χ2n) is 6.56. The molecule has 1 amide bonds. The number of para-hydroxylation sites is 2. The van der Waals surface area contributed by atoms with Crippen LogP contribution in [0.4, 0.5) is 0 Å². The van der Waals surface area contributed by atoms with Gasteiger partial charge in [0.2, 0.25) is 5.91 Å². The van der Waals surface area contributed by atoms with Crippen molar-refractivity contribution in [3.63, 3.8) is 0 Å². The Morgan fingerprint density at radius 3 is 2.44 bits per heavy atom. The van der Waals surface area contributed by atoms with Gasteiger partial charge in [0.25, 0.3) is 0 Å². The summed E-state index contributed by atoms with van der Waals surface area (Å²) in [4.78, 5) is 24.1. The van der Waals surface area contributed by atoms with Gasteiger partial charge < -0.3 is 4.90 Å². The highest BCUT2D eigenvalue weighted by Gasteiger charge is 2.31. The van der Waals surface area contributed by atoms with E-state index in [0.717, 1.165) is 45.1 Å². The highest BCUT2D eigenvalue weighted by molar-refractivity contribution is 7.19. The lowest BCUT2D eigenvalue weighted by Gasteiger charge is -2.21. The Morgan fingerprint density at radius 1 is 1.00 bits per heavy atom. The fourth-order valence-electron chi connectivity index (χ4n) is 3.52. The maximum atomic E-state index is 12.8. The van der Waals surface area contributed by atoms with E-state index in [9.17, 15) is 4.79 Å². The van der Waals surface area contributed by atoms with Crippen LogP contribution in [0.15, 0.2) is 54.6 Å². The smallest absolute Gasteiger partial charge is 0.247 e. The normalized spacial score (nSPS) is 17.5. The Balaban J connectivity index is 1.38. The molecule has 27 heavy (non-hydrogen) atoms. The molecule has 4 nitrogen and oxygen atoms in total. The summed E-state index contributed by atoms with van der Waals surface area (Å²) >= 11 is 3.30. The molecule has 4 aromatic rings. The Morgan fingerprint density at radius 2 is 1.70 bits per heavy atom. The zero-order valence-corrected chi connectivity index (χ0v) is 16.2. The SMILES string of the molecule is O=C(C=Cc1nc2ccccc2s1)N1CCCC1c1nc2ccccc2s1. The van der Waals surface area contributed by atoms with Crippen LogP contribution in [0.5, 0.6) is 0 Å². The van der Waals surface area contributed by atoms with Crippen LogP contribution in [-0.4, -0.2) is 27.3 Å². The zero-order chi connectivity index (χ0) is 18.2. The number of rotatable bonds is 3. The van der Waals surface area contributed by atoms with E-state index in [4.69, 9.17) is 4.98 Å². The minimum absolute atomic E-state index is 0.0380. The molecule has 1 aliphatic heterocycles. The van der Waals surface area contributed by atoms with Gasteiger partial charge in [0.1, 0.15) is 10.0 Å². The lowest BCUT2D eigenvalue weighted by atomic mass is 10.2. The van der Waals surface area contributed by atoms with Gasteiger partial charge in [-0.25, -0.2) is 9.97 Å². The van der Waals surface area contributed by atoms with Crippen LogP contribution in [-0.2, 0) is 4.79 Å². The van der Waals surface area contributed by atoms with Gasteiger partial charge in [0.05, 0.1) is 26.5 Å². The number of likely N-dealkylation sites (tertiary alicyclic amines) is 1. The standard InChI is InChI=1S/C21H17N3OS2/c25-20(12-11-19-22-14-6-1-3-9-17(14)26-19)24-13-5-8-16(24)21-23-15-7-2-4-10-18(15)27-21/h1-4,6-7,9-12,16H,5,8,13H2. The van der Waals surface area contributed by atoms with E-state index in [0.29, 0.717) is 0 Å². The van der Waals surface area contributed by atoms with Gasteiger partial charge in [-0.15, -0.1) is 22.7 Å². The molecule has 0 radical (unpaired) electrons. The molecule has 6 heteroatoms. The molecule has 5 rings (SSSR count). The molecule has 1 saturated heterocycles. The summed E-state index contributed by atoms with van der Waals surface area (Å²) in [5.41, 5.74) is 1.99. The summed E-state index contributed by atoms with van der Waals surface area (Å²) in [6, 6.07) is 16.3. The third-order valence-electron chi connectivity index (χ3n) is 4.81. The molecule has 0 bridgehead atoms. The lowest BCUT2D eigenvalue weighted by molar-refractivity contribution is -0.126. The fourth-order valence-corrected chi connectivity index (χ4v) is 5.50. The van der Waals surface area contributed by atoms with Crippen molar-refractivity contribution in [1.29, 1.82) is 0 Å². The van der Waals surface area contributed by atoms with Crippen LogP contribution in [0.3, 0.4) is 0 Å². The monoisotopic (exact) mass is 391 g/mol. The average molecular weight is 392 g/mol. The average Bonchev–Trinajstić information content (AvgIpc) is 3.42. The van der Waals surface area contributed by atoms with Crippen molar-refractivity contribution in [3.05, 3.63) is 64.6 Å². The number of carbonyl (C=O) groups is 1. The number of fused-ring (bicyclic) bond motifs is 2. The summed E-state index contributed by atoms with van der Waals surface area (Å²) in [7, 11) is 0. The molecule has 1 atom stereocenters. The third-order valence-corrected chi connectivity index (χ3v) is 6.95. The molecule has 0 aliphatic carbocycles.